The Morgan fingerprint density at radius 1 is 1.54 bits per heavy atom. The number of methoxy groups -OCH3 is 1. The summed E-state index contributed by atoms with van der Waals surface area (Å²) in [5.74, 6) is -1.10. The second kappa shape index (κ2) is 7.91. The zero-order valence-electron chi connectivity index (χ0n) is 13.9. The maximum atomic E-state index is 12.7. The average Bonchev–Trinajstić information content (AvgIpc) is 2.59. The topological polar surface area (TPSA) is 100 Å². The van der Waals surface area contributed by atoms with E-state index in [1.807, 2.05) is 4.90 Å². The van der Waals surface area contributed by atoms with Crippen molar-refractivity contribution in [3.8, 4) is 0 Å². The third-order valence-electron chi connectivity index (χ3n) is 4.17. The molecule has 0 radical (unpaired) electrons. The molecule has 2 rings (SSSR count). The molecule has 1 atom stereocenters. The highest BCUT2D eigenvalue weighted by Gasteiger charge is 2.33. The standard InChI is InChI=1S/C15H23N3O5S/c1-17(8-9-23-2)24(21,22)13-4-3-7-18(11-13)12-5-6-16-14(10-12)15(19)20/h5-6,10,13H,3-4,7-9,11H2,1-2H3,(H,19,20). The zero-order chi connectivity index (χ0) is 17.7. The number of rotatable bonds is 7. The predicted molar refractivity (Wildman–Crippen MR) is 89.9 cm³/mol. The Hall–Kier alpha value is -1.71. The monoisotopic (exact) mass is 357 g/mol. The van der Waals surface area contributed by atoms with Crippen LogP contribution in [0.25, 0.3) is 0 Å². The average molecular weight is 357 g/mol. The van der Waals surface area contributed by atoms with Gasteiger partial charge >= 0.3 is 5.97 Å². The van der Waals surface area contributed by atoms with Gasteiger partial charge in [-0.3, -0.25) is 0 Å². The number of ether oxygens (including phenoxy) is 1. The lowest BCUT2D eigenvalue weighted by Crippen LogP contribution is -2.47. The third-order valence-corrected chi connectivity index (χ3v) is 6.45. The first-order valence-electron chi connectivity index (χ1n) is 7.74. The number of pyridine rings is 1. The van der Waals surface area contributed by atoms with Crippen molar-refractivity contribution >= 4 is 21.7 Å². The van der Waals surface area contributed by atoms with Crippen molar-refractivity contribution in [3.63, 3.8) is 0 Å². The number of piperidine rings is 1. The van der Waals surface area contributed by atoms with E-state index in [0.717, 1.165) is 6.42 Å². The summed E-state index contributed by atoms with van der Waals surface area (Å²) in [6.45, 7) is 1.69. The van der Waals surface area contributed by atoms with E-state index in [2.05, 4.69) is 4.98 Å². The lowest BCUT2D eigenvalue weighted by atomic mass is 10.1. The highest BCUT2D eigenvalue weighted by Crippen LogP contribution is 2.24. The van der Waals surface area contributed by atoms with Crippen LogP contribution < -0.4 is 4.90 Å². The van der Waals surface area contributed by atoms with E-state index in [0.29, 0.717) is 38.3 Å². The van der Waals surface area contributed by atoms with Gasteiger partial charge in [0.05, 0.1) is 11.9 Å². The summed E-state index contributed by atoms with van der Waals surface area (Å²) >= 11 is 0. The fourth-order valence-corrected chi connectivity index (χ4v) is 4.42. The Bertz CT molecular complexity index is 679. The smallest absolute Gasteiger partial charge is 0.354 e. The molecule has 0 amide bonds. The molecule has 1 saturated heterocycles. The molecule has 1 aromatic heterocycles. The molecule has 0 spiro atoms. The molecule has 1 unspecified atom stereocenters. The molecule has 9 heteroatoms. The number of likely N-dealkylation sites (N-methyl/N-ethyl adjacent to an activating group) is 1. The molecule has 1 aliphatic heterocycles. The second-order valence-electron chi connectivity index (χ2n) is 5.77. The van der Waals surface area contributed by atoms with E-state index in [4.69, 9.17) is 9.84 Å². The van der Waals surface area contributed by atoms with Crippen LogP contribution in [0.1, 0.15) is 23.3 Å². The van der Waals surface area contributed by atoms with Gasteiger partial charge in [0.15, 0.2) is 0 Å². The molecule has 2 heterocycles. The van der Waals surface area contributed by atoms with E-state index >= 15 is 0 Å². The van der Waals surface area contributed by atoms with Crippen LogP contribution in [-0.2, 0) is 14.8 Å². The van der Waals surface area contributed by atoms with Gasteiger partial charge < -0.3 is 14.7 Å². The van der Waals surface area contributed by atoms with Gasteiger partial charge in [-0.2, -0.15) is 0 Å². The van der Waals surface area contributed by atoms with Gasteiger partial charge in [0.2, 0.25) is 10.0 Å². The van der Waals surface area contributed by atoms with Crippen LogP contribution in [-0.4, -0.2) is 74.4 Å². The number of hydrogen-bond donors (Lipinski definition) is 1. The minimum absolute atomic E-state index is 0.0466. The van der Waals surface area contributed by atoms with Crippen molar-refractivity contribution in [2.45, 2.75) is 18.1 Å². The van der Waals surface area contributed by atoms with E-state index in [-0.39, 0.29) is 5.69 Å². The van der Waals surface area contributed by atoms with Crippen molar-refractivity contribution in [1.29, 1.82) is 0 Å². The summed E-state index contributed by atoms with van der Waals surface area (Å²) in [5, 5.41) is 8.53. The van der Waals surface area contributed by atoms with Gasteiger partial charge in [-0.15, -0.1) is 0 Å². The number of nitrogens with zero attached hydrogens (tertiary/aromatic N) is 3. The Kier molecular flexibility index (Phi) is 6.14. The number of aromatic carboxylic acids is 1. The van der Waals surface area contributed by atoms with Crippen LogP contribution in [0.5, 0.6) is 0 Å². The van der Waals surface area contributed by atoms with Crippen LogP contribution in [0.15, 0.2) is 18.3 Å². The van der Waals surface area contributed by atoms with E-state index < -0.39 is 21.2 Å². The summed E-state index contributed by atoms with van der Waals surface area (Å²) in [6, 6.07) is 3.18. The Morgan fingerprint density at radius 2 is 2.29 bits per heavy atom. The number of carbonyl (C=O) groups is 1. The largest absolute Gasteiger partial charge is 0.477 e. The van der Waals surface area contributed by atoms with Gasteiger partial charge in [0.25, 0.3) is 0 Å². The number of hydrogen-bond acceptors (Lipinski definition) is 6. The van der Waals surface area contributed by atoms with E-state index in [1.54, 1.807) is 13.1 Å². The lowest BCUT2D eigenvalue weighted by Gasteiger charge is -2.35. The summed E-state index contributed by atoms with van der Waals surface area (Å²) in [7, 11) is -0.330. The van der Waals surface area contributed by atoms with Gasteiger partial charge in [0.1, 0.15) is 5.69 Å². The fourth-order valence-electron chi connectivity index (χ4n) is 2.75. The Morgan fingerprint density at radius 3 is 2.96 bits per heavy atom. The van der Waals surface area contributed by atoms with Crippen molar-refractivity contribution < 1.29 is 23.1 Å². The molecular weight excluding hydrogens is 334 g/mol. The first-order chi connectivity index (χ1) is 11.4. The number of carboxylic acids is 1. The summed E-state index contributed by atoms with van der Waals surface area (Å²) in [5.41, 5.74) is 0.636. The molecule has 0 saturated carbocycles. The zero-order valence-corrected chi connectivity index (χ0v) is 14.7. The Balaban J connectivity index is 2.14. The van der Waals surface area contributed by atoms with Crippen molar-refractivity contribution in [3.05, 3.63) is 24.0 Å². The summed E-state index contributed by atoms with van der Waals surface area (Å²) in [6.07, 6.45) is 2.75. The van der Waals surface area contributed by atoms with Crippen LogP contribution in [0.3, 0.4) is 0 Å². The number of sulfonamides is 1. The minimum Gasteiger partial charge on any atom is -0.477 e. The second-order valence-corrected chi connectivity index (χ2v) is 8.09. The van der Waals surface area contributed by atoms with Crippen molar-refractivity contribution in [2.75, 3.05) is 45.3 Å². The molecule has 0 aliphatic carbocycles. The SMILES string of the molecule is COCCN(C)S(=O)(=O)C1CCCN(c2ccnc(C(=O)O)c2)C1. The highest BCUT2D eigenvalue weighted by molar-refractivity contribution is 7.89. The van der Waals surface area contributed by atoms with Crippen LogP contribution in [0, 0.1) is 0 Å². The molecule has 134 valence electrons. The molecule has 1 aromatic rings. The first-order valence-corrected chi connectivity index (χ1v) is 9.25. The van der Waals surface area contributed by atoms with E-state index in [1.165, 1.54) is 23.7 Å². The van der Waals surface area contributed by atoms with Gasteiger partial charge in [-0.25, -0.2) is 22.5 Å². The van der Waals surface area contributed by atoms with Crippen LogP contribution >= 0.6 is 0 Å². The quantitative estimate of drug-likeness (QED) is 0.765. The number of aromatic nitrogens is 1. The fraction of sp³-hybridized carbons (Fsp3) is 0.600. The lowest BCUT2D eigenvalue weighted by molar-refractivity contribution is 0.0690. The molecular formula is C15H23N3O5S. The minimum atomic E-state index is -3.42. The van der Waals surface area contributed by atoms with Gasteiger partial charge in [0, 0.05) is 45.7 Å². The van der Waals surface area contributed by atoms with Crippen molar-refractivity contribution in [2.24, 2.45) is 0 Å². The van der Waals surface area contributed by atoms with Crippen molar-refractivity contribution in [1.82, 2.24) is 9.29 Å². The van der Waals surface area contributed by atoms with Gasteiger partial charge in [-0.05, 0) is 25.0 Å². The first kappa shape index (κ1) is 18.6. The maximum absolute atomic E-state index is 12.7. The molecule has 1 N–H and O–H groups in total. The third kappa shape index (κ3) is 4.22. The molecule has 24 heavy (non-hydrogen) atoms. The van der Waals surface area contributed by atoms with Gasteiger partial charge in [-0.1, -0.05) is 0 Å². The highest BCUT2D eigenvalue weighted by atomic mass is 32.2. The maximum Gasteiger partial charge on any atom is 0.354 e. The summed E-state index contributed by atoms with van der Waals surface area (Å²) < 4.78 is 31.6. The van der Waals surface area contributed by atoms with Crippen LogP contribution in [0.2, 0.25) is 0 Å². The molecule has 0 bridgehead atoms. The molecule has 1 fully saturated rings. The molecule has 0 aromatic carbocycles. The molecule has 8 nitrogen and oxygen atoms in total. The molecule has 1 aliphatic rings. The number of anilines is 1. The predicted octanol–water partition coefficient (Wildman–Crippen LogP) is 0.657. The summed E-state index contributed by atoms with van der Waals surface area (Å²) in [4.78, 5) is 16.8. The van der Waals surface area contributed by atoms with E-state index in [9.17, 15) is 13.2 Å². The normalized spacial score (nSPS) is 18.8. The Labute approximate surface area is 142 Å². The number of carboxylic acid groups (broad SMARTS) is 1. The van der Waals surface area contributed by atoms with Crippen LogP contribution in [0.4, 0.5) is 5.69 Å².